The first kappa shape index (κ1) is 12.5. The fourth-order valence-electron chi connectivity index (χ4n) is 2.49. The standard InChI is InChI=1S/C12H24N2O/c1-3-11(12(13)15)14-9(2)10-7-5-4-6-8-10/h9-11,14H,3-8H2,1-2H3,(H2,13,15)/t9-,11?/m0/s1. The van der Waals surface area contributed by atoms with Gasteiger partial charge < -0.3 is 11.1 Å². The van der Waals surface area contributed by atoms with Crippen LogP contribution in [0.3, 0.4) is 0 Å². The van der Waals surface area contributed by atoms with E-state index in [1.165, 1.54) is 32.1 Å². The molecule has 0 spiro atoms. The van der Waals surface area contributed by atoms with Crippen LogP contribution >= 0.6 is 0 Å². The van der Waals surface area contributed by atoms with Gasteiger partial charge in [0.05, 0.1) is 6.04 Å². The number of nitrogens with two attached hydrogens (primary N) is 1. The van der Waals surface area contributed by atoms with E-state index >= 15 is 0 Å². The van der Waals surface area contributed by atoms with Crippen molar-refractivity contribution in [3.63, 3.8) is 0 Å². The van der Waals surface area contributed by atoms with Gasteiger partial charge in [0.2, 0.25) is 5.91 Å². The monoisotopic (exact) mass is 212 g/mol. The molecule has 1 fully saturated rings. The van der Waals surface area contributed by atoms with E-state index in [-0.39, 0.29) is 11.9 Å². The first-order chi connectivity index (χ1) is 7.15. The van der Waals surface area contributed by atoms with Gasteiger partial charge in [-0.2, -0.15) is 0 Å². The molecule has 1 unspecified atom stereocenters. The number of carbonyl (C=O) groups is 1. The molecule has 1 saturated carbocycles. The molecule has 0 radical (unpaired) electrons. The summed E-state index contributed by atoms with van der Waals surface area (Å²) in [6, 6.07) is 0.268. The lowest BCUT2D eigenvalue weighted by Gasteiger charge is -2.30. The lowest BCUT2D eigenvalue weighted by atomic mass is 9.84. The van der Waals surface area contributed by atoms with Crippen molar-refractivity contribution in [3.05, 3.63) is 0 Å². The summed E-state index contributed by atoms with van der Waals surface area (Å²) in [6.45, 7) is 4.18. The van der Waals surface area contributed by atoms with E-state index < -0.39 is 0 Å². The van der Waals surface area contributed by atoms with E-state index in [0.717, 1.165) is 12.3 Å². The summed E-state index contributed by atoms with van der Waals surface area (Å²) in [5.41, 5.74) is 5.32. The van der Waals surface area contributed by atoms with Crippen LogP contribution in [0.5, 0.6) is 0 Å². The molecule has 0 heterocycles. The molecule has 3 heteroatoms. The predicted octanol–water partition coefficient (Wildman–Crippen LogP) is 1.81. The van der Waals surface area contributed by atoms with Crippen LogP contribution in [0.15, 0.2) is 0 Å². The zero-order valence-corrected chi connectivity index (χ0v) is 9.96. The maximum absolute atomic E-state index is 11.1. The molecule has 0 aromatic carbocycles. The Balaban J connectivity index is 2.38. The zero-order chi connectivity index (χ0) is 11.3. The van der Waals surface area contributed by atoms with Gasteiger partial charge in [-0.25, -0.2) is 0 Å². The Morgan fingerprint density at radius 1 is 1.40 bits per heavy atom. The molecule has 0 aromatic rings. The molecule has 1 amide bonds. The van der Waals surface area contributed by atoms with E-state index in [1.807, 2.05) is 6.92 Å². The summed E-state index contributed by atoms with van der Waals surface area (Å²) in [5.74, 6) is 0.507. The van der Waals surface area contributed by atoms with Crippen molar-refractivity contribution in [2.75, 3.05) is 0 Å². The van der Waals surface area contributed by atoms with E-state index in [1.54, 1.807) is 0 Å². The number of carbonyl (C=O) groups excluding carboxylic acids is 1. The highest BCUT2D eigenvalue weighted by atomic mass is 16.1. The topological polar surface area (TPSA) is 55.1 Å². The molecular weight excluding hydrogens is 188 g/mol. The van der Waals surface area contributed by atoms with Gasteiger partial charge in [-0.3, -0.25) is 4.79 Å². The molecule has 0 aliphatic heterocycles. The number of nitrogens with one attached hydrogen (secondary N) is 1. The summed E-state index contributed by atoms with van der Waals surface area (Å²) in [4.78, 5) is 11.1. The summed E-state index contributed by atoms with van der Waals surface area (Å²) < 4.78 is 0. The molecule has 3 nitrogen and oxygen atoms in total. The average molecular weight is 212 g/mol. The van der Waals surface area contributed by atoms with Crippen LogP contribution in [0, 0.1) is 5.92 Å². The zero-order valence-electron chi connectivity index (χ0n) is 9.96. The molecule has 1 aliphatic rings. The molecule has 2 atom stereocenters. The van der Waals surface area contributed by atoms with Crippen LogP contribution in [-0.4, -0.2) is 18.0 Å². The Labute approximate surface area is 92.8 Å². The van der Waals surface area contributed by atoms with Crippen molar-refractivity contribution < 1.29 is 4.79 Å². The maximum atomic E-state index is 11.1. The van der Waals surface area contributed by atoms with E-state index in [0.29, 0.717) is 6.04 Å². The molecule has 0 bridgehead atoms. The van der Waals surface area contributed by atoms with Crippen LogP contribution in [-0.2, 0) is 4.79 Å². The second kappa shape index (κ2) is 6.11. The van der Waals surface area contributed by atoms with Crippen molar-refractivity contribution in [1.82, 2.24) is 5.32 Å². The smallest absolute Gasteiger partial charge is 0.234 e. The van der Waals surface area contributed by atoms with Crippen LogP contribution in [0.2, 0.25) is 0 Å². The number of hydrogen-bond acceptors (Lipinski definition) is 2. The van der Waals surface area contributed by atoms with E-state index in [9.17, 15) is 4.79 Å². The second-order valence-corrected chi connectivity index (χ2v) is 4.72. The van der Waals surface area contributed by atoms with Crippen molar-refractivity contribution in [3.8, 4) is 0 Å². The van der Waals surface area contributed by atoms with Crippen molar-refractivity contribution in [2.45, 2.75) is 64.5 Å². The number of amides is 1. The fourth-order valence-corrected chi connectivity index (χ4v) is 2.49. The Morgan fingerprint density at radius 2 is 2.00 bits per heavy atom. The number of rotatable bonds is 5. The van der Waals surface area contributed by atoms with Gasteiger partial charge in [0.15, 0.2) is 0 Å². The van der Waals surface area contributed by atoms with Crippen LogP contribution in [0.4, 0.5) is 0 Å². The van der Waals surface area contributed by atoms with Gasteiger partial charge in [0.1, 0.15) is 0 Å². The Kier molecular flexibility index (Phi) is 5.09. The maximum Gasteiger partial charge on any atom is 0.234 e. The van der Waals surface area contributed by atoms with Gasteiger partial charge in [-0.1, -0.05) is 26.2 Å². The molecule has 0 saturated heterocycles. The van der Waals surface area contributed by atoms with Crippen LogP contribution in [0.1, 0.15) is 52.4 Å². The second-order valence-electron chi connectivity index (χ2n) is 4.72. The molecule has 15 heavy (non-hydrogen) atoms. The first-order valence-electron chi connectivity index (χ1n) is 6.20. The first-order valence-corrected chi connectivity index (χ1v) is 6.20. The third-order valence-corrected chi connectivity index (χ3v) is 3.57. The molecule has 3 N–H and O–H groups in total. The highest BCUT2D eigenvalue weighted by Crippen LogP contribution is 2.26. The van der Waals surface area contributed by atoms with Gasteiger partial charge in [-0.05, 0) is 32.1 Å². The molecule has 1 aliphatic carbocycles. The minimum absolute atomic E-state index is 0.151. The third kappa shape index (κ3) is 3.82. The van der Waals surface area contributed by atoms with Crippen molar-refractivity contribution in [2.24, 2.45) is 11.7 Å². The largest absolute Gasteiger partial charge is 0.368 e. The van der Waals surface area contributed by atoms with Crippen LogP contribution in [0.25, 0.3) is 0 Å². The summed E-state index contributed by atoms with van der Waals surface area (Å²) in [5, 5.41) is 3.36. The van der Waals surface area contributed by atoms with Gasteiger partial charge in [0.25, 0.3) is 0 Å². The normalized spacial score (nSPS) is 22.3. The SMILES string of the molecule is CCC(N[C@@H](C)C1CCCCC1)C(N)=O. The lowest BCUT2D eigenvalue weighted by molar-refractivity contribution is -0.120. The molecular formula is C12H24N2O. The van der Waals surface area contributed by atoms with E-state index in [2.05, 4.69) is 12.2 Å². The third-order valence-electron chi connectivity index (χ3n) is 3.57. The summed E-state index contributed by atoms with van der Waals surface area (Å²) in [6.07, 6.45) is 7.42. The quantitative estimate of drug-likeness (QED) is 0.730. The van der Waals surface area contributed by atoms with Gasteiger partial charge in [-0.15, -0.1) is 0 Å². The summed E-state index contributed by atoms with van der Waals surface area (Å²) >= 11 is 0. The average Bonchev–Trinajstić information content (AvgIpc) is 2.26. The van der Waals surface area contributed by atoms with Gasteiger partial charge >= 0.3 is 0 Å². The molecule has 88 valence electrons. The van der Waals surface area contributed by atoms with Gasteiger partial charge in [0, 0.05) is 6.04 Å². The minimum atomic E-state index is -0.222. The molecule has 0 aromatic heterocycles. The van der Waals surface area contributed by atoms with Crippen molar-refractivity contribution >= 4 is 5.91 Å². The van der Waals surface area contributed by atoms with Crippen molar-refractivity contribution in [1.29, 1.82) is 0 Å². The minimum Gasteiger partial charge on any atom is -0.368 e. The fraction of sp³-hybridized carbons (Fsp3) is 0.917. The summed E-state index contributed by atoms with van der Waals surface area (Å²) in [7, 11) is 0. The number of primary amides is 1. The Hall–Kier alpha value is -0.570. The lowest BCUT2D eigenvalue weighted by Crippen LogP contribution is -2.47. The molecule has 1 rings (SSSR count). The highest BCUT2D eigenvalue weighted by molar-refractivity contribution is 5.79. The number of hydrogen-bond donors (Lipinski definition) is 2. The Morgan fingerprint density at radius 3 is 2.47 bits per heavy atom. The Bertz CT molecular complexity index is 200. The van der Waals surface area contributed by atoms with Crippen LogP contribution < -0.4 is 11.1 Å². The highest BCUT2D eigenvalue weighted by Gasteiger charge is 2.23. The predicted molar refractivity (Wildman–Crippen MR) is 62.4 cm³/mol. The van der Waals surface area contributed by atoms with E-state index in [4.69, 9.17) is 5.73 Å².